The molecule has 0 N–H and O–H groups in total. The van der Waals surface area contributed by atoms with Crippen LogP contribution >= 0.6 is 0 Å². The van der Waals surface area contributed by atoms with Gasteiger partial charge >= 0.3 is 5.97 Å². The number of esters is 1. The number of ether oxygens (including phenoxy) is 1. The van der Waals surface area contributed by atoms with E-state index in [2.05, 4.69) is 57.1 Å². The Morgan fingerprint density at radius 2 is 1.81 bits per heavy atom. The Morgan fingerprint density at radius 1 is 1.19 bits per heavy atom. The van der Waals surface area contributed by atoms with E-state index in [0.717, 1.165) is 12.8 Å². The monoisotopic (exact) mass is 289 g/mol. The van der Waals surface area contributed by atoms with Crippen LogP contribution in [0.3, 0.4) is 0 Å². The van der Waals surface area contributed by atoms with E-state index in [0.29, 0.717) is 13.0 Å². The van der Waals surface area contributed by atoms with Gasteiger partial charge in [-0.3, -0.25) is 9.69 Å². The number of carbonyl (C=O) groups excluding carboxylic acids is 1. The SMILES string of the molecule is CCOC(=O)CC1(N(C)C)CCC(C)(C)c2ccccc21. The molecule has 0 spiro atoms. The topological polar surface area (TPSA) is 29.5 Å². The molecule has 3 nitrogen and oxygen atoms in total. The van der Waals surface area contributed by atoms with Gasteiger partial charge in [-0.25, -0.2) is 0 Å². The molecule has 3 heteroatoms. The van der Waals surface area contributed by atoms with Gasteiger partial charge < -0.3 is 4.74 Å². The molecule has 0 aromatic heterocycles. The fourth-order valence-corrected chi connectivity index (χ4v) is 3.52. The molecule has 1 aromatic carbocycles. The van der Waals surface area contributed by atoms with Gasteiger partial charge in [0.2, 0.25) is 0 Å². The maximum Gasteiger partial charge on any atom is 0.308 e. The first-order valence-corrected chi connectivity index (χ1v) is 7.76. The summed E-state index contributed by atoms with van der Waals surface area (Å²) in [7, 11) is 4.13. The van der Waals surface area contributed by atoms with Crippen LogP contribution in [0.1, 0.15) is 51.2 Å². The van der Waals surface area contributed by atoms with Crippen molar-refractivity contribution in [1.82, 2.24) is 4.90 Å². The maximum atomic E-state index is 12.1. The summed E-state index contributed by atoms with van der Waals surface area (Å²) in [5.41, 5.74) is 2.54. The van der Waals surface area contributed by atoms with E-state index >= 15 is 0 Å². The molecule has 1 aliphatic rings. The maximum absolute atomic E-state index is 12.1. The lowest BCUT2D eigenvalue weighted by Crippen LogP contribution is -2.48. The van der Waals surface area contributed by atoms with Gasteiger partial charge in [-0.1, -0.05) is 38.1 Å². The molecule has 2 rings (SSSR count). The Bertz CT molecular complexity index is 522. The van der Waals surface area contributed by atoms with Gasteiger partial charge in [0.15, 0.2) is 0 Å². The van der Waals surface area contributed by atoms with Crippen molar-refractivity contribution in [2.24, 2.45) is 0 Å². The Kier molecular flexibility index (Phi) is 4.43. The molecule has 0 amide bonds. The van der Waals surface area contributed by atoms with E-state index in [-0.39, 0.29) is 16.9 Å². The third-order valence-electron chi connectivity index (χ3n) is 4.92. The van der Waals surface area contributed by atoms with Crippen molar-refractivity contribution in [3.05, 3.63) is 35.4 Å². The van der Waals surface area contributed by atoms with Gasteiger partial charge in [-0.05, 0) is 50.4 Å². The van der Waals surface area contributed by atoms with Crippen LogP contribution in [0.4, 0.5) is 0 Å². The van der Waals surface area contributed by atoms with E-state index in [1.807, 2.05) is 6.92 Å². The Labute approximate surface area is 128 Å². The van der Waals surface area contributed by atoms with Crippen LogP contribution < -0.4 is 0 Å². The zero-order valence-corrected chi connectivity index (χ0v) is 13.9. The fraction of sp³-hybridized carbons (Fsp3) is 0.611. The lowest BCUT2D eigenvalue weighted by molar-refractivity contribution is -0.147. The van der Waals surface area contributed by atoms with Crippen LogP contribution in [0.15, 0.2) is 24.3 Å². The van der Waals surface area contributed by atoms with E-state index in [9.17, 15) is 4.79 Å². The largest absolute Gasteiger partial charge is 0.466 e. The van der Waals surface area contributed by atoms with Crippen molar-refractivity contribution in [3.63, 3.8) is 0 Å². The van der Waals surface area contributed by atoms with Crippen molar-refractivity contribution in [2.75, 3.05) is 20.7 Å². The lowest BCUT2D eigenvalue weighted by atomic mass is 9.64. The highest BCUT2D eigenvalue weighted by molar-refractivity contribution is 5.72. The molecule has 1 aliphatic carbocycles. The third-order valence-corrected chi connectivity index (χ3v) is 4.92. The second-order valence-electron chi connectivity index (χ2n) is 6.84. The highest BCUT2D eigenvalue weighted by Crippen LogP contribution is 2.48. The molecule has 0 saturated carbocycles. The first kappa shape index (κ1) is 16.0. The van der Waals surface area contributed by atoms with Gasteiger partial charge in [-0.15, -0.1) is 0 Å². The van der Waals surface area contributed by atoms with Crippen LogP contribution in [0.25, 0.3) is 0 Å². The molecule has 0 heterocycles. The van der Waals surface area contributed by atoms with Gasteiger partial charge in [-0.2, -0.15) is 0 Å². The zero-order valence-electron chi connectivity index (χ0n) is 13.9. The smallest absolute Gasteiger partial charge is 0.308 e. The van der Waals surface area contributed by atoms with E-state index in [1.54, 1.807) is 0 Å². The number of rotatable bonds is 4. The summed E-state index contributed by atoms with van der Waals surface area (Å²) >= 11 is 0. The van der Waals surface area contributed by atoms with Crippen molar-refractivity contribution in [1.29, 1.82) is 0 Å². The van der Waals surface area contributed by atoms with Gasteiger partial charge in [0, 0.05) is 0 Å². The molecule has 1 atom stereocenters. The second kappa shape index (κ2) is 5.80. The highest BCUT2D eigenvalue weighted by Gasteiger charge is 2.45. The van der Waals surface area contributed by atoms with Crippen molar-refractivity contribution < 1.29 is 9.53 Å². The summed E-state index contributed by atoms with van der Waals surface area (Å²) in [4.78, 5) is 14.3. The number of benzene rings is 1. The molecular weight excluding hydrogens is 262 g/mol. The number of hydrogen-bond donors (Lipinski definition) is 0. The zero-order chi connectivity index (χ0) is 15.7. The lowest BCUT2D eigenvalue weighted by Gasteiger charge is -2.48. The summed E-state index contributed by atoms with van der Waals surface area (Å²) in [6, 6.07) is 8.55. The van der Waals surface area contributed by atoms with Crippen LogP contribution in [-0.2, 0) is 20.5 Å². The minimum absolute atomic E-state index is 0.110. The standard InChI is InChI=1S/C18H27NO2/c1-6-21-16(20)13-18(19(4)5)12-11-17(2,3)14-9-7-8-10-15(14)18/h7-10H,6,11-13H2,1-5H3. The number of nitrogens with zero attached hydrogens (tertiary/aromatic N) is 1. The van der Waals surface area contributed by atoms with E-state index in [4.69, 9.17) is 4.74 Å². The number of hydrogen-bond acceptors (Lipinski definition) is 3. The molecule has 0 bridgehead atoms. The molecule has 116 valence electrons. The molecule has 0 radical (unpaired) electrons. The highest BCUT2D eigenvalue weighted by atomic mass is 16.5. The van der Waals surface area contributed by atoms with Gasteiger partial charge in [0.05, 0.1) is 18.6 Å². The number of fused-ring (bicyclic) bond motifs is 1. The molecule has 0 fully saturated rings. The molecule has 1 aromatic rings. The van der Waals surface area contributed by atoms with E-state index < -0.39 is 0 Å². The van der Waals surface area contributed by atoms with Gasteiger partial charge in [0.1, 0.15) is 0 Å². The molecular formula is C18H27NO2. The van der Waals surface area contributed by atoms with Crippen molar-refractivity contribution >= 4 is 5.97 Å². The van der Waals surface area contributed by atoms with E-state index in [1.165, 1.54) is 11.1 Å². The minimum Gasteiger partial charge on any atom is -0.466 e. The summed E-state index contributed by atoms with van der Waals surface area (Å²) in [5.74, 6) is -0.110. The predicted molar refractivity (Wildman–Crippen MR) is 85.3 cm³/mol. The third kappa shape index (κ3) is 2.84. The summed E-state index contributed by atoms with van der Waals surface area (Å²) in [5, 5.41) is 0. The Morgan fingerprint density at radius 3 is 2.38 bits per heavy atom. The first-order chi connectivity index (χ1) is 9.83. The molecule has 0 saturated heterocycles. The van der Waals surface area contributed by atoms with Crippen LogP contribution in [0.2, 0.25) is 0 Å². The van der Waals surface area contributed by atoms with Crippen LogP contribution in [-0.4, -0.2) is 31.6 Å². The Hall–Kier alpha value is -1.35. The molecule has 1 unspecified atom stereocenters. The molecule has 21 heavy (non-hydrogen) atoms. The van der Waals surface area contributed by atoms with Crippen LogP contribution in [0, 0.1) is 0 Å². The second-order valence-corrected chi connectivity index (χ2v) is 6.84. The van der Waals surface area contributed by atoms with Crippen molar-refractivity contribution in [3.8, 4) is 0 Å². The average molecular weight is 289 g/mol. The summed E-state index contributed by atoms with van der Waals surface area (Å²) in [6.07, 6.45) is 2.46. The summed E-state index contributed by atoms with van der Waals surface area (Å²) in [6.45, 7) is 6.87. The quantitative estimate of drug-likeness (QED) is 0.795. The van der Waals surface area contributed by atoms with Crippen molar-refractivity contribution in [2.45, 2.75) is 51.0 Å². The normalized spacial score (nSPS) is 23.7. The minimum atomic E-state index is -0.252. The average Bonchev–Trinajstić information content (AvgIpc) is 2.42. The predicted octanol–water partition coefficient (Wildman–Crippen LogP) is 3.47. The Balaban J connectivity index is 2.50. The number of carbonyl (C=O) groups is 1. The summed E-state index contributed by atoms with van der Waals surface area (Å²) < 4.78 is 5.22. The molecule has 0 aliphatic heterocycles. The first-order valence-electron chi connectivity index (χ1n) is 7.76. The van der Waals surface area contributed by atoms with Crippen LogP contribution in [0.5, 0.6) is 0 Å². The van der Waals surface area contributed by atoms with Gasteiger partial charge in [0.25, 0.3) is 0 Å². The fourth-order valence-electron chi connectivity index (χ4n) is 3.52.